The Bertz CT molecular complexity index is 749. The average Bonchev–Trinajstić information content (AvgIpc) is 2.91. The van der Waals surface area contributed by atoms with Crippen molar-refractivity contribution >= 4 is 22.0 Å². The van der Waals surface area contributed by atoms with Gasteiger partial charge in [-0.2, -0.15) is 9.61 Å². The number of aryl methyl sites for hydroxylation is 1. The Labute approximate surface area is 110 Å². The summed E-state index contributed by atoms with van der Waals surface area (Å²) in [6, 6.07) is 5.48. The van der Waals surface area contributed by atoms with Gasteiger partial charge >= 0.3 is 0 Å². The van der Waals surface area contributed by atoms with Crippen LogP contribution in [0.2, 0.25) is 0 Å². The molecule has 1 aromatic carbocycles. The summed E-state index contributed by atoms with van der Waals surface area (Å²) in [5, 5.41) is 11.8. The normalized spacial score (nSPS) is 11.6. The number of halogens is 2. The summed E-state index contributed by atoms with van der Waals surface area (Å²) in [4.78, 5) is 0.337. The Balaban J connectivity index is 2.12. The third-order valence-corrected chi connectivity index (χ3v) is 3.68. The fourth-order valence-electron chi connectivity index (χ4n) is 1.66. The van der Waals surface area contributed by atoms with Crippen molar-refractivity contribution in [1.82, 2.24) is 19.8 Å². The predicted octanol–water partition coefficient (Wildman–Crippen LogP) is 2.68. The molecule has 0 saturated carbocycles. The van der Waals surface area contributed by atoms with Gasteiger partial charge in [0.1, 0.15) is 5.01 Å². The Kier molecular flexibility index (Phi) is 2.67. The molecule has 2 N–H and O–H groups in total. The van der Waals surface area contributed by atoms with Gasteiger partial charge in [-0.1, -0.05) is 23.5 Å². The van der Waals surface area contributed by atoms with Crippen LogP contribution in [0.1, 0.15) is 17.8 Å². The molecule has 19 heavy (non-hydrogen) atoms. The number of rotatable bonds is 2. The van der Waals surface area contributed by atoms with Crippen LogP contribution in [-0.2, 0) is 0 Å². The molecule has 2 heterocycles. The predicted molar refractivity (Wildman–Crippen MR) is 68.2 cm³/mol. The zero-order valence-electron chi connectivity index (χ0n) is 9.84. The first kappa shape index (κ1) is 12.0. The Morgan fingerprint density at radius 3 is 2.79 bits per heavy atom. The lowest BCUT2D eigenvalue weighted by molar-refractivity contribution is 0.137. The number of benzene rings is 1. The van der Waals surface area contributed by atoms with E-state index in [0.717, 1.165) is 15.6 Å². The summed E-state index contributed by atoms with van der Waals surface area (Å²) in [6.45, 7) is 1.90. The number of hydrogen-bond acceptors (Lipinski definition) is 5. The largest absolute Gasteiger partial charge is 0.398 e. The van der Waals surface area contributed by atoms with E-state index < -0.39 is 12.2 Å². The molecule has 0 spiro atoms. The molecule has 3 aromatic rings. The van der Waals surface area contributed by atoms with Crippen LogP contribution in [0, 0.1) is 6.92 Å². The molecule has 0 bridgehead atoms. The van der Waals surface area contributed by atoms with E-state index in [1.54, 1.807) is 6.07 Å². The van der Waals surface area contributed by atoms with E-state index in [1.807, 2.05) is 19.1 Å². The highest BCUT2D eigenvalue weighted by Crippen LogP contribution is 2.29. The zero-order valence-corrected chi connectivity index (χ0v) is 10.7. The maximum Gasteiger partial charge on any atom is 0.299 e. The number of alkyl halides is 2. The van der Waals surface area contributed by atoms with Crippen molar-refractivity contribution in [2.75, 3.05) is 5.73 Å². The van der Waals surface area contributed by atoms with E-state index in [2.05, 4.69) is 15.3 Å². The monoisotopic (exact) mass is 281 g/mol. The topological polar surface area (TPSA) is 69.1 Å². The van der Waals surface area contributed by atoms with Crippen LogP contribution in [0.3, 0.4) is 0 Å². The van der Waals surface area contributed by atoms with E-state index in [0.29, 0.717) is 15.7 Å². The van der Waals surface area contributed by atoms with Gasteiger partial charge in [0.05, 0.1) is 0 Å². The number of nitrogens with two attached hydrogens (primary N) is 1. The van der Waals surface area contributed by atoms with E-state index >= 15 is 0 Å². The summed E-state index contributed by atoms with van der Waals surface area (Å²) in [5.41, 5.74) is 8.20. The Morgan fingerprint density at radius 2 is 2.11 bits per heavy atom. The minimum Gasteiger partial charge on any atom is -0.398 e. The van der Waals surface area contributed by atoms with Crippen molar-refractivity contribution in [2.45, 2.75) is 13.3 Å². The maximum atomic E-state index is 12.7. The van der Waals surface area contributed by atoms with Crippen molar-refractivity contribution < 1.29 is 8.78 Å². The third-order valence-electron chi connectivity index (χ3n) is 2.74. The third kappa shape index (κ3) is 1.93. The fraction of sp³-hybridized carbons (Fsp3) is 0.182. The molecule has 2 aromatic heterocycles. The van der Waals surface area contributed by atoms with Crippen molar-refractivity contribution in [3.05, 3.63) is 29.6 Å². The van der Waals surface area contributed by atoms with Crippen LogP contribution in [0.5, 0.6) is 0 Å². The van der Waals surface area contributed by atoms with Crippen LogP contribution in [0.25, 0.3) is 15.5 Å². The molecular formula is C11H9F2N5S. The molecule has 0 amide bonds. The number of fused-ring (bicyclic) bond motifs is 1. The molecule has 0 atom stereocenters. The first-order valence-corrected chi connectivity index (χ1v) is 6.24. The first-order valence-electron chi connectivity index (χ1n) is 5.43. The van der Waals surface area contributed by atoms with Gasteiger partial charge in [0.25, 0.3) is 6.43 Å². The lowest BCUT2D eigenvalue weighted by atomic mass is 10.1. The number of aromatic nitrogens is 4. The fourth-order valence-corrected chi connectivity index (χ4v) is 2.50. The lowest BCUT2D eigenvalue weighted by Crippen LogP contribution is -1.96. The minimum absolute atomic E-state index is 0.337. The molecule has 0 fully saturated rings. The zero-order chi connectivity index (χ0) is 13.6. The molecule has 98 valence electrons. The molecule has 8 heteroatoms. The summed E-state index contributed by atoms with van der Waals surface area (Å²) in [7, 11) is 0. The first-order chi connectivity index (χ1) is 9.06. The molecule has 3 rings (SSSR count). The molecule has 0 aliphatic heterocycles. The number of nitrogen functional groups attached to an aromatic ring is 1. The van der Waals surface area contributed by atoms with Crippen LogP contribution in [0.15, 0.2) is 18.2 Å². The molecule has 0 aliphatic rings. The lowest BCUT2D eigenvalue weighted by Gasteiger charge is -2.01. The molecule has 0 aliphatic carbocycles. The van der Waals surface area contributed by atoms with Gasteiger partial charge in [0.15, 0.2) is 0 Å². The average molecular weight is 281 g/mol. The van der Waals surface area contributed by atoms with Gasteiger partial charge in [-0.15, -0.1) is 10.2 Å². The second-order valence-electron chi connectivity index (χ2n) is 4.03. The number of hydrogen-bond donors (Lipinski definition) is 1. The maximum absolute atomic E-state index is 12.7. The summed E-state index contributed by atoms with van der Waals surface area (Å²) in [5.74, 6) is -0.447. The van der Waals surface area contributed by atoms with Gasteiger partial charge in [-0.05, 0) is 18.6 Å². The highest BCUT2D eigenvalue weighted by atomic mass is 32.1. The summed E-state index contributed by atoms with van der Waals surface area (Å²) < 4.78 is 26.4. The van der Waals surface area contributed by atoms with Gasteiger partial charge in [0, 0.05) is 11.3 Å². The minimum atomic E-state index is -2.70. The van der Waals surface area contributed by atoms with E-state index in [1.165, 1.54) is 11.3 Å². The summed E-state index contributed by atoms with van der Waals surface area (Å²) in [6.07, 6.45) is -2.70. The van der Waals surface area contributed by atoms with Crippen LogP contribution >= 0.6 is 11.3 Å². The molecule has 0 unspecified atom stereocenters. The highest BCUT2D eigenvalue weighted by Gasteiger charge is 2.19. The quantitative estimate of drug-likeness (QED) is 0.733. The van der Waals surface area contributed by atoms with E-state index in [4.69, 9.17) is 5.73 Å². The van der Waals surface area contributed by atoms with Crippen molar-refractivity contribution in [3.8, 4) is 10.6 Å². The smallest absolute Gasteiger partial charge is 0.299 e. The van der Waals surface area contributed by atoms with Crippen molar-refractivity contribution in [3.63, 3.8) is 0 Å². The molecule has 0 radical (unpaired) electrons. The van der Waals surface area contributed by atoms with Crippen LogP contribution < -0.4 is 5.73 Å². The molecule has 5 nitrogen and oxygen atoms in total. The SMILES string of the molecule is Cc1ccc(-c2nn3c(C(F)F)nnc3s2)cc1N. The van der Waals surface area contributed by atoms with Crippen LogP contribution in [-0.4, -0.2) is 19.8 Å². The molecular weight excluding hydrogens is 272 g/mol. The van der Waals surface area contributed by atoms with E-state index in [9.17, 15) is 8.78 Å². The second kappa shape index (κ2) is 4.23. The van der Waals surface area contributed by atoms with Gasteiger partial charge < -0.3 is 5.73 Å². The Hall–Kier alpha value is -2.09. The van der Waals surface area contributed by atoms with Crippen molar-refractivity contribution in [1.29, 1.82) is 0 Å². The second-order valence-corrected chi connectivity index (χ2v) is 4.99. The highest BCUT2D eigenvalue weighted by molar-refractivity contribution is 7.19. The molecule has 0 saturated heterocycles. The number of anilines is 1. The van der Waals surface area contributed by atoms with Crippen molar-refractivity contribution in [2.24, 2.45) is 0 Å². The summed E-state index contributed by atoms with van der Waals surface area (Å²) >= 11 is 1.19. The van der Waals surface area contributed by atoms with Gasteiger partial charge in [-0.25, -0.2) is 8.78 Å². The van der Waals surface area contributed by atoms with Gasteiger partial charge in [0.2, 0.25) is 10.8 Å². The van der Waals surface area contributed by atoms with Crippen LogP contribution in [0.4, 0.5) is 14.5 Å². The standard InChI is InChI=1S/C11H9F2N5S/c1-5-2-3-6(4-7(5)14)10-17-18-9(8(12)13)15-16-11(18)19-10/h2-4,8H,14H2,1H3. The number of nitrogens with zero attached hydrogens (tertiary/aromatic N) is 4. The van der Waals surface area contributed by atoms with Gasteiger partial charge in [-0.3, -0.25) is 0 Å². The van der Waals surface area contributed by atoms with E-state index in [-0.39, 0.29) is 0 Å². The Morgan fingerprint density at radius 1 is 1.32 bits per heavy atom.